The Morgan fingerprint density at radius 2 is 2.12 bits per heavy atom. The van der Waals surface area contributed by atoms with Gasteiger partial charge in [0.2, 0.25) is 0 Å². The lowest BCUT2D eigenvalue weighted by Crippen LogP contribution is -2.17. The molecule has 17 heavy (non-hydrogen) atoms. The number of nitrogens with one attached hydrogen (secondary N) is 1. The molecule has 88 valence electrons. The van der Waals surface area contributed by atoms with Gasteiger partial charge in [-0.1, -0.05) is 30.3 Å². The van der Waals surface area contributed by atoms with Gasteiger partial charge in [0.1, 0.15) is 5.82 Å². The van der Waals surface area contributed by atoms with Gasteiger partial charge in [0.15, 0.2) is 5.82 Å². The predicted octanol–water partition coefficient (Wildman–Crippen LogP) is 1.91. The van der Waals surface area contributed by atoms with Gasteiger partial charge in [-0.25, -0.2) is 4.98 Å². The van der Waals surface area contributed by atoms with E-state index in [1.165, 1.54) is 6.42 Å². The smallest absolute Gasteiger partial charge is 0.181 e. The molecule has 1 aliphatic rings. The molecule has 0 radical (unpaired) electrons. The molecular formula is C13H16N4. The lowest BCUT2D eigenvalue weighted by Gasteiger charge is -2.07. The first kappa shape index (κ1) is 10.5. The molecule has 0 saturated carbocycles. The maximum absolute atomic E-state index is 4.65. The van der Waals surface area contributed by atoms with Crippen LogP contribution in [0.5, 0.6) is 0 Å². The molecule has 1 unspecified atom stereocenters. The normalized spacial score (nSPS) is 19.7. The van der Waals surface area contributed by atoms with Crippen molar-refractivity contribution in [2.45, 2.75) is 18.9 Å². The van der Waals surface area contributed by atoms with Crippen molar-refractivity contribution in [1.29, 1.82) is 0 Å². The highest BCUT2D eigenvalue weighted by Gasteiger charge is 2.22. The van der Waals surface area contributed by atoms with E-state index in [2.05, 4.69) is 15.4 Å². The lowest BCUT2D eigenvalue weighted by atomic mass is 10.2. The molecule has 2 aromatic rings. The summed E-state index contributed by atoms with van der Waals surface area (Å²) < 4.78 is 1.89. The van der Waals surface area contributed by atoms with Gasteiger partial charge in [0, 0.05) is 12.6 Å². The Hall–Kier alpha value is -1.68. The molecule has 1 N–H and O–H groups in total. The van der Waals surface area contributed by atoms with Crippen molar-refractivity contribution in [1.82, 2.24) is 20.1 Å². The molecule has 2 heterocycles. The molecule has 1 aliphatic heterocycles. The van der Waals surface area contributed by atoms with Crippen molar-refractivity contribution in [2.75, 3.05) is 6.54 Å². The highest BCUT2D eigenvalue weighted by molar-refractivity contribution is 5.54. The maximum atomic E-state index is 4.65. The van der Waals surface area contributed by atoms with Crippen molar-refractivity contribution >= 4 is 0 Å². The van der Waals surface area contributed by atoms with Crippen LogP contribution < -0.4 is 5.32 Å². The van der Waals surface area contributed by atoms with Gasteiger partial charge in [-0.3, -0.25) is 4.68 Å². The van der Waals surface area contributed by atoms with Crippen molar-refractivity contribution in [3.63, 3.8) is 0 Å². The Labute approximate surface area is 101 Å². The van der Waals surface area contributed by atoms with Crippen LogP contribution in [-0.4, -0.2) is 21.3 Å². The average Bonchev–Trinajstić information content (AvgIpc) is 2.99. The van der Waals surface area contributed by atoms with E-state index in [1.54, 1.807) is 0 Å². The van der Waals surface area contributed by atoms with Crippen molar-refractivity contribution in [2.24, 2.45) is 7.05 Å². The molecule has 1 aromatic carbocycles. The highest BCUT2D eigenvalue weighted by atomic mass is 15.3. The largest absolute Gasteiger partial charge is 0.307 e. The van der Waals surface area contributed by atoms with Gasteiger partial charge < -0.3 is 5.32 Å². The van der Waals surface area contributed by atoms with Gasteiger partial charge in [-0.15, -0.1) is 0 Å². The Balaban J connectivity index is 1.95. The summed E-state index contributed by atoms with van der Waals surface area (Å²) in [4.78, 5) is 4.65. The van der Waals surface area contributed by atoms with Crippen LogP contribution in [0.3, 0.4) is 0 Å². The van der Waals surface area contributed by atoms with Crippen LogP contribution in [0, 0.1) is 0 Å². The lowest BCUT2D eigenvalue weighted by molar-refractivity contribution is 0.559. The number of benzene rings is 1. The van der Waals surface area contributed by atoms with Crippen LogP contribution in [0.4, 0.5) is 0 Å². The SMILES string of the molecule is Cn1nc(-c2ccccc2)nc1C1CCCN1. The standard InChI is InChI=1S/C13H16N4/c1-17-13(11-8-5-9-14-11)15-12(16-17)10-6-3-2-4-7-10/h2-4,6-7,11,14H,5,8-9H2,1H3. The summed E-state index contributed by atoms with van der Waals surface area (Å²) in [6, 6.07) is 10.5. The molecule has 1 aromatic heterocycles. The van der Waals surface area contributed by atoms with Gasteiger partial charge in [0.05, 0.1) is 6.04 Å². The van der Waals surface area contributed by atoms with E-state index in [-0.39, 0.29) is 0 Å². The van der Waals surface area contributed by atoms with Crippen LogP contribution in [0.25, 0.3) is 11.4 Å². The molecule has 3 rings (SSSR count). The highest BCUT2D eigenvalue weighted by Crippen LogP contribution is 2.23. The number of rotatable bonds is 2. The third kappa shape index (κ3) is 1.96. The summed E-state index contributed by atoms with van der Waals surface area (Å²) in [5.41, 5.74) is 1.08. The Kier molecular flexibility index (Phi) is 2.65. The zero-order valence-electron chi connectivity index (χ0n) is 9.93. The van der Waals surface area contributed by atoms with Crippen molar-refractivity contribution < 1.29 is 0 Å². The Morgan fingerprint density at radius 3 is 2.82 bits per heavy atom. The minimum Gasteiger partial charge on any atom is -0.307 e. The minimum absolute atomic E-state index is 0.366. The van der Waals surface area contributed by atoms with Gasteiger partial charge in [-0.05, 0) is 19.4 Å². The van der Waals surface area contributed by atoms with E-state index in [4.69, 9.17) is 0 Å². The maximum Gasteiger partial charge on any atom is 0.181 e. The van der Waals surface area contributed by atoms with E-state index in [0.29, 0.717) is 6.04 Å². The third-order valence-corrected chi connectivity index (χ3v) is 3.20. The zero-order valence-corrected chi connectivity index (χ0v) is 9.93. The fourth-order valence-corrected chi connectivity index (χ4v) is 2.31. The number of hydrogen-bond donors (Lipinski definition) is 1. The van der Waals surface area contributed by atoms with Crippen LogP contribution in [0.1, 0.15) is 24.7 Å². The third-order valence-electron chi connectivity index (χ3n) is 3.20. The topological polar surface area (TPSA) is 42.7 Å². The number of aromatic nitrogens is 3. The summed E-state index contributed by atoms with van der Waals surface area (Å²) >= 11 is 0. The van der Waals surface area contributed by atoms with Gasteiger partial charge >= 0.3 is 0 Å². The summed E-state index contributed by atoms with van der Waals surface area (Å²) in [7, 11) is 1.97. The fraction of sp³-hybridized carbons (Fsp3) is 0.385. The average molecular weight is 228 g/mol. The predicted molar refractivity (Wildman–Crippen MR) is 66.4 cm³/mol. The van der Waals surface area contributed by atoms with Crippen molar-refractivity contribution in [3.05, 3.63) is 36.2 Å². The molecule has 4 nitrogen and oxygen atoms in total. The summed E-state index contributed by atoms with van der Waals surface area (Å²) in [6.07, 6.45) is 2.37. The van der Waals surface area contributed by atoms with E-state index in [0.717, 1.165) is 30.2 Å². The van der Waals surface area contributed by atoms with Crippen LogP contribution in [0.2, 0.25) is 0 Å². The first-order valence-corrected chi connectivity index (χ1v) is 6.04. The molecule has 1 saturated heterocycles. The second-order valence-electron chi connectivity index (χ2n) is 4.43. The van der Waals surface area contributed by atoms with E-state index in [9.17, 15) is 0 Å². The van der Waals surface area contributed by atoms with Crippen LogP contribution >= 0.6 is 0 Å². The van der Waals surface area contributed by atoms with Gasteiger partial charge in [-0.2, -0.15) is 5.10 Å². The second kappa shape index (κ2) is 4.30. The van der Waals surface area contributed by atoms with Crippen molar-refractivity contribution in [3.8, 4) is 11.4 Å². The molecule has 1 fully saturated rings. The Bertz CT molecular complexity index is 497. The summed E-state index contributed by atoms with van der Waals surface area (Å²) in [5, 5.41) is 7.95. The first-order chi connectivity index (χ1) is 8.34. The molecule has 0 amide bonds. The number of hydrogen-bond acceptors (Lipinski definition) is 3. The minimum atomic E-state index is 0.366. The number of aryl methyl sites for hydroxylation is 1. The summed E-state index contributed by atoms with van der Waals surface area (Å²) in [6.45, 7) is 1.08. The molecule has 1 atom stereocenters. The van der Waals surface area contributed by atoms with Crippen LogP contribution in [0.15, 0.2) is 30.3 Å². The van der Waals surface area contributed by atoms with E-state index in [1.807, 2.05) is 42.1 Å². The second-order valence-corrected chi connectivity index (χ2v) is 4.43. The summed E-state index contributed by atoms with van der Waals surface area (Å²) in [5.74, 6) is 1.86. The van der Waals surface area contributed by atoms with E-state index >= 15 is 0 Å². The number of nitrogens with zero attached hydrogens (tertiary/aromatic N) is 3. The zero-order chi connectivity index (χ0) is 11.7. The first-order valence-electron chi connectivity index (χ1n) is 6.04. The molecule has 0 spiro atoms. The Morgan fingerprint density at radius 1 is 1.29 bits per heavy atom. The molecule has 4 heteroatoms. The molecule has 0 bridgehead atoms. The molecular weight excluding hydrogens is 212 g/mol. The van der Waals surface area contributed by atoms with Crippen LogP contribution in [-0.2, 0) is 7.05 Å². The monoisotopic (exact) mass is 228 g/mol. The fourth-order valence-electron chi connectivity index (χ4n) is 2.31. The van der Waals surface area contributed by atoms with Gasteiger partial charge in [0.25, 0.3) is 0 Å². The quantitative estimate of drug-likeness (QED) is 0.853. The van der Waals surface area contributed by atoms with E-state index < -0.39 is 0 Å². The molecule has 0 aliphatic carbocycles.